The summed E-state index contributed by atoms with van der Waals surface area (Å²) in [5.74, 6) is -1.10. The highest BCUT2D eigenvalue weighted by molar-refractivity contribution is 5.80. The van der Waals surface area contributed by atoms with Gasteiger partial charge in [0.25, 0.3) is 0 Å². The summed E-state index contributed by atoms with van der Waals surface area (Å²) in [6.07, 6.45) is -0.785. The normalized spacial score (nSPS) is 14.7. The minimum Gasteiger partial charge on any atom is -0.480 e. The highest BCUT2D eigenvalue weighted by Gasteiger charge is 2.25. The lowest BCUT2D eigenvalue weighted by Crippen LogP contribution is -2.45. The number of carboxylic acid groups (broad SMARTS) is 1. The number of carboxylic acids is 1. The molecule has 0 bridgehead atoms. The second kappa shape index (κ2) is 7.20. The van der Waals surface area contributed by atoms with Crippen molar-refractivity contribution in [3.05, 3.63) is 0 Å². The summed E-state index contributed by atoms with van der Waals surface area (Å²) in [6.45, 7) is 9.23. The molecule has 0 saturated heterocycles. The number of aliphatic carboxylic acids is 1. The van der Waals surface area contributed by atoms with Gasteiger partial charge in [-0.3, -0.25) is 0 Å². The second-order valence-electron chi connectivity index (χ2n) is 5.04. The molecule has 0 unspecified atom stereocenters. The van der Waals surface area contributed by atoms with E-state index in [1.165, 1.54) is 0 Å². The zero-order valence-corrected chi connectivity index (χ0v) is 11.6. The number of hydrogen-bond donors (Lipinski definition) is 2. The van der Waals surface area contributed by atoms with Gasteiger partial charge >= 0.3 is 12.1 Å². The van der Waals surface area contributed by atoms with E-state index in [-0.39, 0.29) is 12.5 Å². The van der Waals surface area contributed by atoms with Crippen LogP contribution in [0.25, 0.3) is 0 Å². The number of carbonyl (C=O) groups is 2. The van der Waals surface area contributed by atoms with E-state index in [2.05, 4.69) is 5.32 Å². The zero-order chi connectivity index (χ0) is 14.3. The number of nitrogens with one attached hydrogen (secondary N) is 1. The van der Waals surface area contributed by atoms with Crippen molar-refractivity contribution >= 4 is 12.1 Å². The lowest BCUT2D eigenvalue weighted by molar-refractivity contribution is -0.140. The average Bonchev–Trinajstić information content (AvgIpc) is 2.13. The van der Waals surface area contributed by atoms with E-state index in [9.17, 15) is 9.59 Å². The summed E-state index contributed by atoms with van der Waals surface area (Å²) in [5, 5.41) is 11.3. The van der Waals surface area contributed by atoms with Gasteiger partial charge in [-0.2, -0.15) is 0 Å². The molecule has 6 nitrogen and oxygen atoms in total. The van der Waals surface area contributed by atoms with E-state index < -0.39 is 23.7 Å². The highest BCUT2D eigenvalue weighted by atomic mass is 16.6. The molecule has 0 aliphatic carbocycles. The Labute approximate surface area is 108 Å². The monoisotopic (exact) mass is 261 g/mol. The fraction of sp³-hybridized carbons (Fsp3) is 0.833. The van der Waals surface area contributed by atoms with E-state index in [0.29, 0.717) is 6.61 Å². The predicted molar refractivity (Wildman–Crippen MR) is 66.5 cm³/mol. The van der Waals surface area contributed by atoms with E-state index >= 15 is 0 Å². The fourth-order valence-electron chi connectivity index (χ4n) is 1.36. The van der Waals surface area contributed by atoms with Gasteiger partial charge in [0.2, 0.25) is 0 Å². The van der Waals surface area contributed by atoms with Crippen molar-refractivity contribution in [1.82, 2.24) is 5.32 Å². The molecule has 0 saturated carbocycles. The molecule has 0 aromatic rings. The maximum Gasteiger partial charge on any atom is 0.408 e. The summed E-state index contributed by atoms with van der Waals surface area (Å²) >= 11 is 0. The standard InChI is InChI=1S/C12H23NO5/c1-6-17-8(2)7-9(10(14)15)13-11(16)18-12(3,4)5/h8-9H,6-7H2,1-5H3,(H,13,16)(H,14,15)/t8-,9+/m1/s1. The van der Waals surface area contributed by atoms with Gasteiger partial charge in [0, 0.05) is 13.0 Å². The molecule has 0 spiro atoms. The van der Waals surface area contributed by atoms with Crippen LogP contribution in [-0.2, 0) is 14.3 Å². The van der Waals surface area contributed by atoms with Crippen LogP contribution in [0.5, 0.6) is 0 Å². The Balaban J connectivity index is 4.36. The Bertz CT molecular complexity index is 285. The lowest BCUT2D eigenvalue weighted by Gasteiger charge is -2.23. The van der Waals surface area contributed by atoms with Crippen LogP contribution in [0.4, 0.5) is 4.79 Å². The van der Waals surface area contributed by atoms with Crippen molar-refractivity contribution in [2.24, 2.45) is 0 Å². The number of amides is 1. The third-order valence-electron chi connectivity index (χ3n) is 2.01. The molecule has 0 aromatic heterocycles. The fourth-order valence-corrected chi connectivity index (χ4v) is 1.36. The molecule has 0 rings (SSSR count). The van der Waals surface area contributed by atoms with Crippen molar-refractivity contribution in [3.63, 3.8) is 0 Å². The molecule has 0 aliphatic rings. The van der Waals surface area contributed by atoms with Gasteiger partial charge in [0.15, 0.2) is 0 Å². The van der Waals surface area contributed by atoms with Crippen LogP contribution in [0.1, 0.15) is 41.0 Å². The first-order valence-corrected chi connectivity index (χ1v) is 5.99. The van der Waals surface area contributed by atoms with Crippen LogP contribution >= 0.6 is 0 Å². The Morgan fingerprint density at radius 2 is 1.89 bits per heavy atom. The maximum absolute atomic E-state index is 11.5. The lowest BCUT2D eigenvalue weighted by atomic mass is 10.1. The Hall–Kier alpha value is -1.30. The number of rotatable bonds is 6. The van der Waals surface area contributed by atoms with Crippen LogP contribution in [0.2, 0.25) is 0 Å². The van der Waals surface area contributed by atoms with Crippen LogP contribution in [0.3, 0.4) is 0 Å². The molecular weight excluding hydrogens is 238 g/mol. The smallest absolute Gasteiger partial charge is 0.408 e. The molecule has 106 valence electrons. The summed E-state index contributed by atoms with van der Waals surface area (Å²) in [5.41, 5.74) is -0.654. The van der Waals surface area contributed by atoms with Gasteiger partial charge in [-0.05, 0) is 34.6 Å². The largest absolute Gasteiger partial charge is 0.480 e. The number of alkyl carbamates (subject to hydrolysis) is 1. The van der Waals surface area contributed by atoms with Crippen molar-refractivity contribution in [2.75, 3.05) is 6.61 Å². The molecule has 1 amide bonds. The quantitative estimate of drug-likeness (QED) is 0.761. The summed E-state index contributed by atoms with van der Waals surface area (Å²) in [4.78, 5) is 22.5. The van der Waals surface area contributed by atoms with E-state index in [1.54, 1.807) is 27.7 Å². The van der Waals surface area contributed by atoms with Crippen LogP contribution < -0.4 is 5.32 Å². The third kappa shape index (κ3) is 7.89. The molecule has 18 heavy (non-hydrogen) atoms. The van der Waals surface area contributed by atoms with Gasteiger partial charge in [-0.25, -0.2) is 9.59 Å². The van der Waals surface area contributed by atoms with Gasteiger partial charge in [0.05, 0.1) is 6.10 Å². The first-order chi connectivity index (χ1) is 8.15. The predicted octanol–water partition coefficient (Wildman–Crippen LogP) is 1.78. The molecule has 0 radical (unpaired) electrons. The topological polar surface area (TPSA) is 84.9 Å². The molecule has 0 aromatic carbocycles. The molecule has 0 heterocycles. The number of ether oxygens (including phenoxy) is 2. The molecule has 0 aliphatic heterocycles. The Kier molecular flexibility index (Phi) is 6.68. The molecule has 2 N–H and O–H groups in total. The van der Waals surface area contributed by atoms with Gasteiger partial charge in [-0.1, -0.05) is 0 Å². The average molecular weight is 261 g/mol. The summed E-state index contributed by atoms with van der Waals surface area (Å²) < 4.78 is 10.3. The molecule has 2 atom stereocenters. The summed E-state index contributed by atoms with van der Waals surface area (Å²) in [6, 6.07) is -1.01. The molecule has 0 fully saturated rings. The second-order valence-corrected chi connectivity index (χ2v) is 5.04. The van der Waals surface area contributed by atoms with Crippen LogP contribution in [0.15, 0.2) is 0 Å². The number of carbonyl (C=O) groups excluding carboxylic acids is 1. The Morgan fingerprint density at radius 1 is 1.33 bits per heavy atom. The van der Waals surface area contributed by atoms with Crippen molar-refractivity contribution in [1.29, 1.82) is 0 Å². The first kappa shape index (κ1) is 16.7. The van der Waals surface area contributed by atoms with Crippen molar-refractivity contribution in [3.8, 4) is 0 Å². The summed E-state index contributed by atoms with van der Waals surface area (Å²) in [7, 11) is 0. The molecular formula is C12H23NO5. The zero-order valence-electron chi connectivity index (χ0n) is 11.6. The third-order valence-corrected chi connectivity index (χ3v) is 2.01. The van der Waals surface area contributed by atoms with Crippen molar-refractivity contribution in [2.45, 2.75) is 58.8 Å². The highest BCUT2D eigenvalue weighted by Crippen LogP contribution is 2.08. The van der Waals surface area contributed by atoms with Crippen LogP contribution in [0, 0.1) is 0 Å². The van der Waals surface area contributed by atoms with Crippen molar-refractivity contribution < 1.29 is 24.2 Å². The van der Waals surface area contributed by atoms with Crippen LogP contribution in [-0.4, -0.2) is 41.5 Å². The van der Waals surface area contributed by atoms with Gasteiger partial charge < -0.3 is 19.9 Å². The number of hydrogen-bond acceptors (Lipinski definition) is 4. The Morgan fingerprint density at radius 3 is 2.28 bits per heavy atom. The van der Waals surface area contributed by atoms with E-state index in [1.807, 2.05) is 6.92 Å². The first-order valence-electron chi connectivity index (χ1n) is 5.99. The molecule has 6 heteroatoms. The SMILES string of the molecule is CCO[C@H](C)C[C@H](NC(=O)OC(C)(C)C)C(=O)O. The van der Waals surface area contributed by atoms with Gasteiger partial charge in [0.1, 0.15) is 11.6 Å². The van der Waals surface area contributed by atoms with E-state index in [0.717, 1.165) is 0 Å². The van der Waals surface area contributed by atoms with E-state index in [4.69, 9.17) is 14.6 Å². The minimum absolute atomic E-state index is 0.197. The minimum atomic E-state index is -1.10. The van der Waals surface area contributed by atoms with Gasteiger partial charge in [-0.15, -0.1) is 0 Å². The maximum atomic E-state index is 11.5.